The van der Waals surface area contributed by atoms with Crippen LogP contribution < -0.4 is 4.72 Å². The topological polar surface area (TPSA) is 96.4 Å². The molecule has 0 fully saturated rings. The number of pyridine rings is 1. The molecule has 0 aliphatic carbocycles. The summed E-state index contributed by atoms with van der Waals surface area (Å²) in [6.07, 6.45) is 3.15. The van der Waals surface area contributed by atoms with Crippen LogP contribution in [0.3, 0.4) is 0 Å². The standard InChI is InChI=1S/C12H12N2O4S2/c1-8(9-2-4-13-5-3-9)14-20(17,18)10-6-11(12(15)16)19-7-10/h2-8,14H,1H3,(H,15,16). The molecule has 0 aromatic carbocycles. The molecule has 6 nitrogen and oxygen atoms in total. The molecule has 2 heterocycles. The van der Waals surface area contributed by atoms with Crippen molar-refractivity contribution in [1.82, 2.24) is 9.71 Å². The summed E-state index contributed by atoms with van der Waals surface area (Å²) in [5, 5.41) is 10.1. The molecule has 0 amide bonds. The van der Waals surface area contributed by atoms with E-state index in [2.05, 4.69) is 9.71 Å². The van der Waals surface area contributed by atoms with E-state index in [4.69, 9.17) is 5.11 Å². The van der Waals surface area contributed by atoms with Crippen molar-refractivity contribution >= 4 is 27.3 Å². The number of rotatable bonds is 5. The molecule has 1 unspecified atom stereocenters. The predicted octanol–water partition coefficient (Wildman–Crippen LogP) is 1.88. The van der Waals surface area contributed by atoms with E-state index in [0.717, 1.165) is 23.0 Å². The van der Waals surface area contributed by atoms with Gasteiger partial charge in [-0.05, 0) is 30.7 Å². The molecule has 2 aromatic rings. The van der Waals surface area contributed by atoms with Crippen molar-refractivity contribution in [3.05, 3.63) is 46.4 Å². The summed E-state index contributed by atoms with van der Waals surface area (Å²) < 4.78 is 26.8. The maximum absolute atomic E-state index is 12.1. The van der Waals surface area contributed by atoms with Crippen LogP contribution in [0.5, 0.6) is 0 Å². The van der Waals surface area contributed by atoms with Gasteiger partial charge in [-0.15, -0.1) is 11.3 Å². The SMILES string of the molecule is CC(NS(=O)(=O)c1csc(C(=O)O)c1)c1ccncc1. The first-order valence-corrected chi connectivity index (χ1v) is 8.00. The fraction of sp³-hybridized carbons (Fsp3) is 0.167. The molecular formula is C12H12N2O4S2. The highest BCUT2D eigenvalue weighted by Gasteiger charge is 2.21. The van der Waals surface area contributed by atoms with E-state index in [0.29, 0.717) is 0 Å². The van der Waals surface area contributed by atoms with Crippen LogP contribution in [0, 0.1) is 0 Å². The van der Waals surface area contributed by atoms with Gasteiger partial charge in [-0.3, -0.25) is 4.98 Å². The van der Waals surface area contributed by atoms with Crippen molar-refractivity contribution < 1.29 is 18.3 Å². The number of nitrogens with zero attached hydrogens (tertiary/aromatic N) is 1. The van der Waals surface area contributed by atoms with E-state index in [-0.39, 0.29) is 9.77 Å². The summed E-state index contributed by atoms with van der Waals surface area (Å²) >= 11 is 0.879. The molecular weight excluding hydrogens is 300 g/mol. The first-order chi connectivity index (χ1) is 9.40. The average Bonchev–Trinajstić information content (AvgIpc) is 2.90. The molecule has 1 atom stereocenters. The van der Waals surface area contributed by atoms with Crippen LogP contribution in [0.2, 0.25) is 0 Å². The summed E-state index contributed by atoms with van der Waals surface area (Å²) in [5.41, 5.74) is 0.775. The Labute approximate surface area is 120 Å². The van der Waals surface area contributed by atoms with Gasteiger partial charge in [0.15, 0.2) is 0 Å². The normalized spacial score (nSPS) is 13.1. The molecule has 0 aliphatic heterocycles. The summed E-state index contributed by atoms with van der Waals surface area (Å²) in [7, 11) is -3.74. The highest BCUT2D eigenvalue weighted by molar-refractivity contribution is 7.89. The molecule has 0 aliphatic rings. The Hall–Kier alpha value is -1.77. The van der Waals surface area contributed by atoms with Crippen LogP contribution >= 0.6 is 11.3 Å². The van der Waals surface area contributed by atoms with Crippen molar-refractivity contribution in [2.75, 3.05) is 0 Å². The second-order valence-corrected chi connectivity index (χ2v) is 6.70. The number of sulfonamides is 1. The van der Waals surface area contributed by atoms with Crippen molar-refractivity contribution in [2.24, 2.45) is 0 Å². The van der Waals surface area contributed by atoms with Crippen LogP contribution in [0.25, 0.3) is 0 Å². The van der Waals surface area contributed by atoms with E-state index in [9.17, 15) is 13.2 Å². The number of hydrogen-bond donors (Lipinski definition) is 2. The Bertz CT molecular complexity index is 710. The number of hydrogen-bond acceptors (Lipinski definition) is 5. The zero-order chi connectivity index (χ0) is 14.8. The van der Waals surface area contributed by atoms with Crippen LogP contribution in [0.4, 0.5) is 0 Å². The Balaban J connectivity index is 2.20. The van der Waals surface area contributed by atoms with Gasteiger partial charge in [0.2, 0.25) is 10.0 Å². The Morgan fingerprint density at radius 2 is 2.05 bits per heavy atom. The molecule has 8 heteroatoms. The number of aromatic nitrogens is 1. The quantitative estimate of drug-likeness (QED) is 0.878. The average molecular weight is 312 g/mol. The van der Waals surface area contributed by atoms with Crippen molar-refractivity contribution in [3.8, 4) is 0 Å². The lowest BCUT2D eigenvalue weighted by Crippen LogP contribution is -2.26. The fourth-order valence-corrected chi connectivity index (χ4v) is 3.94. The molecule has 0 saturated heterocycles. The monoisotopic (exact) mass is 312 g/mol. The molecule has 0 spiro atoms. The highest BCUT2D eigenvalue weighted by atomic mass is 32.2. The van der Waals surface area contributed by atoms with Gasteiger partial charge in [0, 0.05) is 23.8 Å². The number of carbonyl (C=O) groups is 1. The van der Waals surface area contributed by atoms with Gasteiger partial charge in [-0.1, -0.05) is 0 Å². The van der Waals surface area contributed by atoms with Gasteiger partial charge < -0.3 is 5.11 Å². The van der Waals surface area contributed by atoms with Gasteiger partial charge in [0.25, 0.3) is 0 Å². The van der Waals surface area contributed by atoms with Crippen LogP contribution in [0.1, 0.15) is 28.2 Å². The molecule has 106 valence electrons. The summed E-state index contributed by atoms with van der Waals surface area (Å²) in [6.45, 7) is 1.71. The molecule has 2 rings (SSSR count). The number of thiophene rings is 1. The molecule has 20 heavy (non-hydrogen) atoms. The van der Waals surface area contributed by atoms with E-state index in [1.54, 1.807) is 31.5 Å². The van der Waals surface area contributed by atoms with Crippen molar-refractivity contribution in [3.63, 3.8) is 0 Å². The van der Waals surface area contributed by atoms with E-state index in [1.165, 1.54) is 5.38 Å². The third kappa shape index (κ3) is 3.21. The maximum atomic E-state index is 12.1. The molecule has 0 radical (unpaired) electrons. The second-order valence-electron chi connectivity index (χ2n) is 4.08. The van der Waals surface area contributed by atoms with Crippen molar-refractivity contribution in [1.29, 1.82) is 0 Å². The Morgan fingerprint density at radius 3 is 2.60 bits per heavy atom. The largest absolute Gasteiger partial charge is 0.477 e. The Kier molecular flexibility index (Phi) is 4.17. The van der Waals surface area contributed by atoms with E-state index in [1.807, 2.05) is 0 Å². The summed E-state index contributed by atoms with van der Waals surface area (Å²) in [5.74, 6) is -1.14. The van der Waals surface area contributed by atoms with Gasteiger partial charge in [0.1, 0.15) is 4.88 Å². The van der Waals surface area contributed by atoms with E-state index >= 15 is 0 Å². The predicted molar refractivity (Wildman–Crippen MR) is 74.3 cm³/mol. The van der Waals surface area contributed by atoms with Crippen LogP contribution in [-0.2, 0) is 10.0 Å². The molecule has 0 bridgehead atoms. The minimum absolute atomic E-state index is 0.0121. The zero-order valence-electron chi connectivity index (χ0n) is 10.5. The number of carboxylic acids is 1. The van der Waals surface area contributed by atoms with Gasteiger partial charge in [-0.2, -0.15) is 0 Å². The third-order valence-corrected chi connectivity index (χ3v) is 5.22. The number of nitrogens with one attached hydrogen (secondary N) is 1. The lowest BCUT2D eigenvalue weighted by molar-refractivity contribution is 0.0702. The summed E-state index contributed by atoms with van der Waals surface area (Å²) in [6, 6.07) is 4.14. The third-order valence-electron chi connectivity index (χ3n) is 2.63. The van der Waals surface area contributed by atoms with Gasteiger partial charge >= 0.3 is 5.97 Å². The minimum Gasteiger partial charge on any atom is -0.477 e. The summed E-state index contributed by atoms with van der Waals surface area (Å²) in [4.78, 5) is 14.6. The number of carboxylic acid groups (broad SMARTS) is 1. The molecule has 2 N–H and O–H groups in total. The fourth-order valence-electron chi connectivity index (χ4n) is 1.59. The van der Waals surface area contributed by atoms with Crippen LogP contribution in [0.15, 0.2) is 40.9 Å². The first kappa shape index (κ1) is 14.6. The highest BCUT2D eigenvalue weighted by Crippen LogP contribution is 2.21. The Morgan fingerprint density at radius 1 is 1.40 bits per heavy atom. The zero-order valence-corrected chi connectivity index (χ0v) is 12.1. The lowest BCUT2D eigenvalue weighted by Gasteiger charge is -2.13. The van der Waals surface area contributed by atoms with Crippen LogP contribution in [-0.4, -0.2) is 24.5 Å². The van der Waals surface area contributed by atoms with E-state index < -0.39 is 22.0 Å². The lowest BCUT2D eigenvalue weighted by atomic mass is 10.1. The first-order valence-electron chi connectivity index (χ1n) is 5.64. The molecule has 0 saturated carbocycles. The molecule has 2 aromatic heterocycles. The maximum Gasteiger partial charge on any atom is 0.345 e. The van der Waals surface area contributed by atoms with Gasteiger partial charge in [-0.25, -0.2) is 17.9 Å². The minimum atomic E-state index is -3.74. The van der Waals surface area contributed by atoms with Gasteiger partial charge in [0.05, 0.1) is 4.90 Å². The smallest absolute Gasteiger partial charge is 0.345 e. The van der Waals surface area contributed by atoms with Crippen molar-refractivity contribution in [2.45, 2.75) is 17.9 Å². The number of aromatic carboxylic acids is 1. The second kappa shape index (κ2) is 5.70.